The SMILES string of the molecule is Cc1sc(NC(=O)C2CC2)c(C(=O)OCc2ccc(C(=O)Nc3ccccc3)cc2)c1C. The smallest absolute Gasteiger partial charge is 0.341 e. The van der Waals surface area contributed by atoms with Gasteiger partial charge in [-0.1, -0.05) is 30.3 Å². The maximum Gasteiger partial charge on any atom is 0.341 e. The van der Waals surface area contributed by atoms with Crippen molar-refractivity contribution in [3.8, 4) is 0 Å². The number of hydrogen-bond donors (Lipinski definition) is 2. The van der Waals surface area contributed by atoms with Crippen LogP contribution in [0.15, 0.2) is 54.6 Å². The molecule has 0 radical (unpaired) electrons. The first-order chi connectivity index (χ1) is 15.4. The highest BCUT2D eigenvalue weighted by Crippen LogP contribution is 2.36. The van der Waals surface area contributed by atoms with Crippen LogP contribution in [0.25, 0.3) is 0 Å². The van der Waals surface area contributed by atoms with Crippen molar-refractivity contribution in [2.24, 2.45) is 5.92 Å². The van der Waals surface area contributed by atoms with Gasteiger partial charge in [0.05, 0.1) is 5.56 Å². The van der Waals surface area contributed by atoms with Gasteiger partial charge in [0.15, 0.2) is 0 Å². The van der Waals surface area contributed by atoms with E-state index in [9.17, 15) is 14.4 Å². The van der Waals surface area contributed by atoms with E-state index >= 15 is 0 Å². The van der Waals surface area contributed by atoms with Crippen LogP contribution in [-0.2, 0) is 16.1 Å². The van der Waals surface area contributed by atoms with E-state index < -0.39 is 5.97 Å². The minimum absolute atomic E-state index is 0.0373. The van der Waals surface area contributed by atoms with Crippen molar-refractivity contribution in [1.29, 1.82) is 0 Å². The maximum absolute atomic E-state index is 12.8. The van der Waals surface area contributed by atoms with E-state index in [2.05, 4.69) is 10.6 Å². The minimum atomic E-state index is -0.469. The summed E-state index contributed by atoms with van der Waals surface area (Å²) in [5, 5.41) is 6.27. The normalized spacial score (nSPS) is 12.8. The molecule has 0 spiro atoms. The summed E-state index contributed by atoms with van der Waals surface area (Å²) in [4.78, 5) is 38.3. The number of aryl methyl sites for hydroxylation is 1. The van der Waals surface area contributed by atoms with Gasteiger partial charge >= 0.3 is 5.97 Å². The molecule has 7 heteroatoms. The Morgan fingerprint density at radius 3 is 2.31 bits per heavy atom. The van der Waals surface area contributed by atoms with Crippen molar-refractivity contribution in [3.05, 3.63) is 81.7 Å². The predicted octanol–water partition coefficient (Wildman–Crippen LogP) is 5.32. The predicted molar refractivity (Wildman–Crippen MR) is 125 cm³/mol. The van der Waals surface area contributed by atoms with Gasteiger partial charge in [-0.2, -0.15) is 0 Å². The number of esters is 1. The Bertz CT molecular complexity index is 1150. The summed E-state index contributed by atoms with van der Waals surface area (Å²) in [6.45, 7) is 3.85. The van der Waals surface area contributed by atoms with Crippen molar-refractivity contribution in [2.45, 2.75) is 33.3 Å². The minimum Gasteiger partial charge on any atom is -0.457 e. The Hall–Kier alpha value is -3.45. The van der Waals surface area contributed by atoms with Crippen molar-refractivity contribution in [2.75, 3.05) is 10.6 Å². The molecule has 32 heavy (non-hydrogen) atoms. The highest BCUT2D eigenvalue weighted by atomic mass is 32.1. The number of carbonyl (C=O) groups is 3. The van der Waals surface area contributed by atoms with Crippen LogP contribution in [0.1, 0.15) is 49.6 Å². The number of rotatable bonds is 7. The van der Waals surface area contributed by atoms with Crippen LogP contribution in [0.2, 0.25) is 0 Å². The Labute approximate surface area is 190 Å². The van der Waals surface area contributed by atoms with E-state index in [0.29, 0.717) is 16.1 Å². The number of para-hydroxylation sites is 1. The number of anilines is 2. The monoisotopic (exact) mass is 448 g/mol. The highest BCUT2D eigenvalue weighted by molar-refractivity contribution is 7.16. The third-order valence-corrected chi connectivity index (χ3v) is 6.51. The van der Waals surface area contributed by atoms with Gasteiger partial charge in [-0.05, 0) is 62.1 Å². The molecule has 6 nitrogen and oxygen atoms in total. The molecule has 1 fully saturated rings. The lowest BCUT2D eigenvalue weighted by Crippen LogP contribution is -2.16. The van der Waals surface area contributed by atoms with Crippen molar-refractivity contribution in [1.82, 2.24) is 0 Å². The summed E-state index contributed by atoms with van der Waals surface area (Å²) < 4.78 is 5.52. The number of thiophene rings is 1. The molecule has 2 aromatic carbocycles. The average molecular weight is 449 g/mol. The Morgan fingerprint density at radius 1 is 0.969 bits per heavy atom. The van der Waals surface area contributed by atoms with Gasteiger partial charge < -0.3 is 15.4 Å². The van der Waals surface area contributed by atoms with E-state index in [1.165, 1.54) is 11.3 Å². The van der Waals surface area contributed by atoms with Crippen LogP contribution in [0, 0.1) is 19.8 Å². The molecule has 1 aliphatic rings. The molecule has 1 heterocycles. The lowest BCUT2D eigenvalue weighted by molar-refractivity contribution is -0.117. The third-order valence-electron chi connectivity index (χ3n) is 5.39. The highest BCUT2D eigenvalue weighted by Gasteiger charge is 2.31. The van der Waals surface area contributed by atoms with Crippen LogP contribution in [-0.4, -0.2) is 17.8 Å². The molecule has 2 amide bonds. The fraction of sp³-hybridized carbons (Fsp3) is 0.240. The van der Waals surface area contributed by atoms with E-state index in [4.69, 9.17) is 4.74 Å². The fourth-order valence-corrected chi connectivity index (χ4v) is 4.27. The van der Waals surface area contributed by atoms with Crippen molar-refractivity contribution in [3.63, 3.8) is 0 Å². The lowest BCUT2D eigenvalue weighted by Gasteiger charge is -2.09. The number of carbonyl (C=O) groups excluding carboxylic acids is 3. The second kappa shape index (κ2) is 9.36. The van der Waals surface area contributed by atoms with E-state index in [-0.39, 0.29) is 24.3 Å². The Balaban J connectivity index is 1.38. The number of amides is 2. The summed E-state index contributed by atoms with van der Waals surface area (Å²) >= 11 is 1.39. The Kier molecular flexibility index (Phi) is 6.37. The summed E-state index contributed by atoms with van der Waals surface area (Å²) in [6.07, 6.45) is 1.79. The van der Waals surface area contributed by atoms with Crippen molar-refractivity contribution < 1.29 is 19.1 Å². The molecule has 0 bridgehead atoms. The summed E-state index contributed by atoms with van der Waals surface area (Å²) in [5.74, 6) is -0.659. The Morgan fingerprint density at radius 2 is 1.66 bits per heavy atom. The summed E-state index contributed by atoms with van der Waals surface area (Å²) in [7, 11) is 0. The molecule has 164 valence electrons. The molecule has 1 aromatic heterocycles. The van der Waals surface area contributed by atoms with E-state index in [1.54, 1.807) is 24.3 Å². The molecule has 2 N–H and O–H groups in total. The molecular weight excluding hydrogens is 424 g/mol. The van der Waals surface area contributed by atoms with Crippen LogP contribution < -0.4 is 10.6 Å². The van der Waals surface area contributed by atoms with Crippen LogP contribution in [0.4, 0.5) is 10.7 Å². The van der Waals surface area contributed by atoms with Gasteiger partial charge in [-0.25, -0.2) is 4.79 Å². The first kappa shape index (κ1) is 21.8. The van der Waals surface area contributed by atoms with Crippen LogP contribution in [0.3, 0.4) is 0 Å². The summed E-state index contributed by atoms with van der Waals surface area (Å²) in [6, 6.07) is 16.1. The van der Waals surface area contributed by atoms with Gasteiger partial charge in [-0.3, -0.25) is 9.59 Å². The zero-order valence-corrected chi connectivity index (χ0v) is 18.8. The van der Waals surface area contributed by atoms with Gasteiger partial charge in [0, 0.05) is 22.0 Å². The molecule has 1 aliphatic carbocycles. The topological polar surface area (TPSA) is 84.5 Å². The molecule has 0 saturated heterocycles. The van der Waals surface area contributed by atoms with E-state index in [0.717, 1.165) is 34.5 Å². The maximum atomic E-state index is 12.8. The van der Waals surface area contributed by atoms with Gasteiger partial charge in [0.1, 0.15) is 11.6 Å². The standard InChI is InChI=1S/C25H24N2O4S/c1-15-16(2)32-24(27-23(29)19-12-13-19)21(15)25(30)31-14-17-8-10-18(11-9-17)22(28)26-20-6-4-3-5-7-20/h3-11,19H,12-14H2,1-2H3,(H,26,28)(H,27,29). The fourth-order valence-electron chi connectivity index (χ4n) is 3.22. The van der Waals surface area contributed by atoms with Crippen LogP contribution >= 0.6 is 11.3 Å². The van der Waals surface area contributed by atoms with Gasteiger partial charge in [-0.15, -0.1) is 11.3 Å². The zero-order valence-electron chi connectivity index (χ0n) is 17.9. The molecule has 0 aliphatic heterocycles. The average Bonchev–Trinajstić information content (AvgIpc) is 3.60. The van der Waals surface area contributed by atoms with E-state index in [1.807, 2.05) is 44.2 Å². The quantitative estimate of drug-likeness (QED) is 0.479. The number of benzene rings is 2. The summed E-state index contributed by atoms with van der Waals surface area (Å²) in [5.41, 5.74) is 3.24. The number of nitrogens with one attached hydrogen (secondary N) is 2. The molecular formula is C25H24N2O4S. The second-order valence-electron chi connectivity index (χ2n) is 7.84. The number of ether oxygens (including phenoxy) is 1. The molecule has 3 aromatic rings. The first-order valence-corrected chi connectivity index (χ1v) is 11.3. The molecule has 4 rings (SSSR count). The third kappa shape index (κ3) is 5.06. The zero-order chi connectivity index (χ0) is 22.7. The van der Waals surface area contributed by atoms with Gasteiger partial charge in [0.25, 0.3) is 5.91 Å². The second-order valence-corrected chi connectivity index (χ2v) is 9.07. The first-order valence-electron chi connectivity index (χ1n) is 10.5. The largest absolute Gasteiger partial charge is 0.457 e. The van der Waals surface area contributed by atoms with Crippen molar-refractivity contribution >= 4 is 39.8 Å². The molecule has 0 atom stereocenters. The molecule has 1 saturated carbocycles. The molecule has 0 unspecified atom stereocenters. The number of hydrogen-bond acceptors (Lipinski definition) is 5. The van der Waals surface area contributed by atoms with Crippen LogP contribution in [0.5, 0.6) is 0 Å². The van der Waals surface area contributed by atoms with Gasteiger partial charge in [0.2, 0.25) is 5.91 Å². The lowest BCUT2D eigenvalue weighted by atomic mass is 10.1.